The Morgan fingerprint density at radius 1 is 1.35 bits per heavy atom. The summed E-state index contributed by atoms with van der Waals surface area (Å²) in [6.45, 7) is 7.27. The fourth-order valence-electron chi connectivity index (χ4n) is 3.66. The molecule has 2 atom stereocenters. The van der Waals surface area contributed by atoms with Gasteiger partial charge in [-0.3, -0.25) is 0 Å². The van der Waals surface area contributed by atoms with E-state index in [1.54, 1.807) is 0 Å². The van der Waals surface area contributed by atoms with Gasteiger partial charge in [-0.25, -0.2) is 0 Å². The molecule has 0 aromatic heterocycles. The first kappa shape index (κ1) is 13.9. The Bertz CT molecular complexity index is 472. The molecule has 0 spiro atoms. The molecule has 2 unspecified atom stereocenters. The van der Waals surface area contributed by atoms with E-state index in [9.17, 15) is 0 Å². The largest absolute Gasteiger partial charge is 0.371 e. The number of nitrogens with zero attached hydrogens (tertiary/aromatic N) is 1. The second kappa shape index (κ2) is 5.38. The number of ether oxygens (including phenoxy) is 1. The maximum Gasteiger partial charge on any atom is 0.0758 e. The quantitative estimate of drug-likeness (QED) is 0.917. The van der Waals surface area contributed by atoms with Crippen molar-refractivity contribution >= 4 is 5.69 Å². The van der Waals surface area contributed by atoms with E-state index < -0.39 is 0 Å². The zero-order chi connectivity index (χ0) is 14.2. The Balaban J connectivity index is 1.72. The van der Waals surface area contributed by atoms with Crippen LogP contribution in [0.5, 0.6) is 0 Å². The van der Waals surface area contributed by atoms with Crippen molar-refractivity contribution < 1.29 is 4.74 Å². The van der Waals surface area contributed by atoms with Gasteiger partial charge >= 0.3 is 0 Å². The summed E-state index contributed by atoms with van der Waals surface area (Å²) >= 11 is 0. The van der Waals surface area contributed by atoms with Crippen molar-refractivity contribution in [2.24, 2.45) is 5.73 Å². The lowest BCUT2D eigenvalue weighted by atomic mass is 9.98. The van der Waals surface area contributed by atoms with Crippen LogP contribution in [0.3, 0.4) is 0 Å². The summed E-state index contributed by atoms with van der Waals surface area (Å²) in [6.07, 6.45) is 3.78. The van der Waals surface area contributed by atoms with Crippen molar-refractivity contribution in [1.29, 1.82) is 0 Å². The van der Waals surface area contributed by atoms with Crippen LogP contribution in [0.15, 0.2) is 24.3 Å². The van der Waals surface area contributed by atoms with Gasteiger partial charge in [-0.15, -0.1) is 0 Å². The summed E-state index contributed by atoms with van der Waals surface area (Å²) in [5, 5.41) is 0. The molecule has 20 heavy (non-hydrogen) atoms. The molecule has 3 nitrogen and oxygen atoms in total. The van der Waals surface area contributed by atoms with Gasteiger partial charge in [0.15, 0.2) is 0 Å². The summed E-state index contributed by atoms with van der Waals surface area (Å²) in [5.41, 5.74) is 8.68. The van der Waals surface area contributed by atoms with E-state index in [0.29, 0.717) is 12.0 Å². The molecule has 110 valence electrons. The fraction of sp³-hybridized carbons (Fsp3) is 0.647. The van der Waals surface area contributed by atoms with Gasteiger partial charge < -0.3 is 15.4 Å². The van der Waals surface area contributed by atoms with Gasteiger partial charge in [-0.1, -0.05) is 18.2 Å². The monoisotopic (exact) mass is 274 g/mol. The molecule has 1 saturated heterocycles. The Morgan fingerprint density at radius 3 is 2.85 bits per heavy atom. The average Bonchev–Trinajstić information content (AvgIpc) is 2.93. The number of anilines is 1. The van der Waals surface area contributed by atoms with E-state index in [1.807, 2.05) is 0 Å². The molecule has 3 rings (SSSR count). The lowest BCUT2D eigenvalue weighted by molar-refractivity contribution is -0.0114. The molecule has 0 radical (unpaired) electrons. The first-order valence-corrected chi connectivity index (χ1v) is 7.81. The second-order valence-electron chi connectivity index (χ2n) is 6.78. The Hall–Kier alpha value is -1.06. The Kier molecular flexibility index (Phi) is 3.74. The molecular formula is C17H26N2O. The molecule has 2 aliphatic heterocycles. The number of hydrogen-bond acceptors (Lipinski definition) is 3. The van der Waals surface area contributed by atoms with Crippen LogP contribution in [0, 0.1) is 0 Å². The van der Waals surface area contributed by atoms with Crippen molar-refractivity contribution in [2.45, 2.75) is 50.7 Å². The van der Waals surface area contributed by atoms with E-state index >= 15 is 0 Å². The van der Waals surface area contributed by atoms with Crippen LogP contribution in [0.4, 0.5) is 5.69 Å². The molecule has 0 amide bonds. The van der Waals surface area contributed by atoms with Crippen LogP contribution in [0.25, 0.3) is 0 Å². The Morgan fingerprint density at radius 2 is 2.15 bits per heavy atom. The fourth-order valence-corrected chi connectivity index (χ4v) is 3.66. The third kappa shape index (κ3) is 2.70. The topological polar surface area (TPSA) is 38.5 Å². The normalized spacial score (nSPS) is 27.9. The molecule has 1 aromatic rings. The molecule has 1 fully saturated rings. The third-order valence-corrected chi connectivity index (χ3v) is 4.65. The molecule has 1 aromatic carbocycles. The highest BCUT2D eigenvalue weighted by Gasteiger charge is 2.35. The SMILES string of the molecule is CC1(C)CCC(CN2CC(CCN)c3ccccc32)O1. The highest BCUT2D eigenvalue weighted by atomic mass is 16.5. The van der Waals surface area contributed by atoms with Crippen LogP contribution in [-0.4, -0.2) is 31.3 Å². The zero-order valence-corrected chi connectivity index (χ0v) is 12.6. The maximum atomic E-state index is 6.15. The van der Waals surface area contributed by atoms with Crippen LogP contribution in [0.2, 0.25) is 0 Å². The van der Waals surface area contributed by atoms with Crippen molar-refractivity contribution in [2.75, 3.05) is 24.5 Å². The predicted octanol–water partition coefficient (Wildman–Crippen LogP) is 2.90. The number of fused-ring (bicyclic) bond motifs is 1. The maximum absolute atomic E-state index is 6.15. The molecule has 0 saturated carbocycles. The van der Waals surface area contributed by atoms with Gasteiger partial charge in [0.25, 0.3) is 0 Å². The number of para-hydroxylation sites is 1. The minimum Gasteiger partial charge on any atom is -0.371 e. The summed E-state index contributed by atoms with van der Waals surface area (Å²) in [4.78, 5) is 2.50. The summed E-state index contributed by atoms with van der Waals surface area (Å²) in [6, 6.07) is 8.78. The van der Waals surface area contributed by atoms with Crippen molar-refractivity contribution in [3.8, 4) is 0 Å². The Labute approximate surface area is 122 Å². The second-order valence-corrected chi connectivity index (χ2v) is 6.78. The van der Waals surface area contributed by atoms with Crippen LogP contribution in [0.1, 0.15) is 44.6 Å². The van der Waals surface area contributed by atoms with Crippen LogP contribution < -0.4 is 10.6 Å². The molecule has 2 aliphatic rings. The lowest BCUT2D eigenvalue weighted by Crippen LogP contribution is -2.33. The number of hydrogen-bond donors (Lipinski definition) is 1. The highest BCUT2D eigenvalue weighted by Crippen LogP contribution is 2.39. The highest BCUT2D eigenvalue weighted by molar-refractivity contribution is 5.60. The van der Waals surface area contributed by atoms with Gasteiger partial charge in [-0.2, -0.15) is 0 Å². The van der Waals surface area contributed by atoms with E-state index in [2.05, 4.69) is 43.0 Å². The lowest BCUT2D eigenvalue weighted by Gasteiger charge is -2.25. The van der Waals surface area contributed by atoms with E-state index in [-0.39, 0.29) is 5.60 Å². The van der Waals surface area contributed by atoms with Gasteiger partial charge in [0.2, 0.25) is 0 Å². The number of rotatable bonds is 4. The van der Waals surface area contributed by atoms with E-state index in [4.69, 9.17) is 10.5 Å². The van der Waals surface area contributed by atoms with Crippen LogP contribution >= 0.6 is 0 Å². The predicted molar refractivity (Wildman–Crippen MR) is 83.3 cm³/mol. The smallest absolute Gasteiger partial charge is 0.0758 e. The van der Waals surface area contributed by atoms with Gasteiger partial charge in [-0.05, 0) is 51.3 Å². The van der Waals surface area contributed by atoms with Crippen LogP contribution in [-0.2, 0) is 4.74 Å². The van der Waals surface area contributed by atoms with Crippen molar-refractivity contribution in [3.05, 3.63) is 29.8 Å². The van der Waals surface area contributed by atoms with Crippen molar-refractivity contribution in [3.63, 3.8) is 0 Å². The molecule has 2 N–H and O–H groups in total. The minimum absolute atomic E-state index is 0.0561. The summed E-state index contributed by atoms with van der Waals surface area (Å²) in [7, 11) is 0. The zero-order valence-electron chi connectivity index (χ0n) is 12.6. The summed E-state index contributed by atoms with van der Waals surface area (Å²) in [5.74, 6) is 0.589. The summed E-state index contributed by atoms with van der Waals surface area (Å²) < 4.78 is 6.15. The molecule has 2 heterocycles. The van der Waals surface area contributed by atoms with Gasteiger partial charge in [0, 0.05) is 24.7 Å². The standard InChI is InChI=1S/C17H26N2O/c1-17(2)9-7-14(20-17)12-19-11-13(8-10-18)15-5-3-4-6-16(15)19/h3-6,13-14H,7-12,18H2,1-2H3. The molecule has 0 bridgehead atoms. The molecule has 0 aliphatic carbocycles. The van der Waals surface area contributed by atoms with Gasteiger partial charge in [0.05, 0.1) is 11.7 Å². The number of benzene rings is 1. The van der Waals surface area contributed by atoms with E-state index in [0.717, 1.165) is 26.1 Å². The number of nitrogens with two attached hydrogens (primary N) is 1. The van der Waals surface area contributed by atoms with E-state index in [1.165, 1.54) is 24.1 Å². The first-order chi connectivity index (χ1) is 9.59. The van der Waals surface area contributed by atoms with Gasteiger partial charge in [0.1, 0.15) is 0 Å². The molecular weight excluding hydrogens is 248 g/mol. The van der Waals surface area contributed by atoms with Crippen molar-refractivity contribution in [1.82, 2.24) is 0 Å². The molecule has 3 heteroatoms. The minimum atomic E-state index is 0.0561. The third-order valence-electron chi connectivity index (χ3n) is 4.65. The average molecular weight is 274 g/mol. The first-order valence-electron chi connectivity index (χ1n) is 7.81.